The number of oxazole rings is 1. The number of carbonyl (C=O) groups excluding carboxylic acids is 1. The third-order valence-corrected chi connectivity index (χ3v) is 4.68. The minimum absolute atomic E-state index is 0.0154. The van der Waals surface area contributed by atoms with Crippen molar-refractivity contribution in [2.75, 3.05) is 0 Å². The van der Waals surface area contributed by atoms with Gasteiger partial charge in [-0.2, -0.15) is 8.78 Å². The summed E-state index contributed by atoms with van der Waals surface area (Å²) in [6.45, 7) is -3.00. The number of hydrogen-bond donors (Lipinski definition) is 1. The molecular weight excluding hydrogens is 421 g/mol. The predicted molar refractivity (Wildman–Crippen MR) is 112 cm³/mol. The van der Waals surface area contributed by atoms with Crippen molar-refractivity contribution in [1.82, 2.24) is 10.3 Å². The smallest absolute Gasteiger partial charge is 0.387 e. The molecule has 5 nitrogen and oxygen atoms in total. The van der Waals surface area contributed by atoms with Gasteiger partial charge in [0.05, 0.1) is 17.3 Å². The Labute approximate surface area is 181 Å². The highest BCUT2D eigenvalue weighted by Gasteiger charge is 2.18. The molecule has 3 aromatic carbocycles. The van der Waals surface area contributed by atoms with Crippen LogP contribution in [0, 0.1) is 5.82 Å². The lowest BCUT2D eigenvalue weighted by molar-refractivity contribution is -0.0504. The fraction of sp³-hybridized carbons (Fsp3) is 0.0833. The third-order valence-electron chi connectivity index (χ3n) is 4.68. The predicted octanol–water partition coefficient (Wildman–Crippen LogP) is 5.68. The van der Waals surface area contributed by atoms with E-state index >= 15 is 0 Å². The summed E-state index contributed by atoms with van der Waals surface area (Å²) >= 11 is 0. The fourth-order valence-corrected chi connectivity index (χ4v) is 3.18. The molecule has 32 heavy (non-hydrogen) atoms. The first kappa shape index (κ1) is 21.2. The van der Waals surface area contributed by atoms with Crippen LogP contribution in [-0.4, -0.2) is 17.5 Å². The van der Waals surface area contributed by atoms with Crippen LogP contribution >= 0.6 is 0 Å². The highest BCUT2D eigenvalue weighted by molar-refractivity contribution is 6.00. The minimum Gasteiger partial charge on any atom is -0.436 e. The molecule has 1 N–H and O–H groups in total. The van der Waals surface area contributed by atoms with Crippen molar-refractivity contribution in [3.8, 4) is 28.5 Å². The number of nitrogens with zero attached hydrogens (tertiary/aromatic N) is 1. The van der Waals surface area contributed by atoms with E-state index in [4.69, 9.17) is 4.42 Å². The largest absolute Gasteiger partial charge is 0.436 e. The number of amides is 1. The standard InChI is InChI=1S/C24H17F3N2O3/c25-19-11-5-4-10-18(19)21-14-29-23(31-21)17-9-3-2-8-16(17)22(30)28-13-15-7-1-6-12-20(15)32-24(26)27/h1-12,14,24H,13H2,(H,28,30). The van der Waals surface area contributed by atoms with Gasteiger partial charge in [0.1, 0.15) is 11.6 Å². The minimum atomic E-state index is -2.97. The zero-order valence-corrected chi connectivity index (χ0v) is 16.6. The third kappa shape index (κ3) is 4.64. The summed E-state index contributed by atoms with van der Waals surface area (Å²) in [6, 6.07) is 19.0. The number of carbonyl (C=O) groups is 1. The lowest BCUT2D eigenvalue weighted by Gasteiger charge is -2.12. The molecule has 0 saturated heterocycles. The lowest BCUT2D eigenvalue weighted by atomic mass is 10.1. The van der Waals surface area contributed by atoms with E-state index in [0.717, 1.165) is 0 Å². The average molecular weight is 438 g/mol. The van der Waals surface area contributed by atoms with Crippen molar-refractivity contribution >= 4 is 5.91 Å². The number of para-hydroxylation sites is 1. The molecule has 0 aliphatic carbocycles. The first-order valence-electron chi connectivity index (χ1n) is 9.64. The summed E-state index contributed by atoms with van der Waals surface area (Å²) in [5.41, 5.74) is 1.33. The van der Waals surface area contributed by atoms with Gasteiger partial charge in [-0.05, 0) is 30.3 Å². The summed E-state index contributed by atoms with van der Waals surface area (Å²) in [4.78, 5) is 17.0. The Kier molecular flexibility index (Phi) is 6.21. The monoisotopic (exact) mass is 438 g/mol. The maximum atomic E-state index is 14.1. The topological polar surface area (TPSA) is 64.4 Å². The quantitative estimate of drug-likeness (QED) is 0.403. The molecule has 0 aliphatic rings. The number of aromatic nitrogens is 1. The maximum absolute atomic E-state index is 14.1. The number of benzene rings is 3. The number of nitrogens with one attached hydrogen (secondary N) is 1. The molecule has 0 radical (unpaired) electrons. The van der Waals surface area contributed by atoms with Crippen molar-refractivity contribution in [3.63, 3.8) is 0 Å². The lowest BCUT2D eigenvalue weighted by Crippen LogP contribution is -2.24. The molecule has 162 valence electrons. The van der Waals surface area contributed by atoms with Crippen LogP contribution < -0.4 is 10.1 Å². The highest BCUT2D eigenvalue weighted by atomic mass is 19.3. The van der Waals surface area contributed by atoms with Gasteiger partial charge in [-0.15, -0.1) is 0 Å². The summed E-state index contributed by atoms with van der Waals surface area (Å²) < 4.78 is 49.5. The molecule has 4 rings (SSSR count). The van der Waals surface area contributed by atoms with Crippen LogP contribution in [0.15, 0.2) is 83.4 Å². The molecule has 0 atom stereocenters. The number of ether oxygens (including phenoxy) is 1. The summed E-state index contributed by atoms with van der Waals surface area (Å²) in [5, 5.41) is 2.69. The molecule has 0 unspecified atom stereocenters. The Hall–Kier alpha value is -4.07. The van der Waals surface area contributed by atoms with Gasteiger partial charge in [-0.3, -0.25) is 4.79 Å². The summed E-state index contributed by atoms with van der Waals surface area (Å²) in [7, 11) is 0. The second-order valence-electron chi connectivity index (χ2n) is 6.72. The van der Waals surface area contributed by atoms with Gasteiger partial charge in [-0.1, -0.05) is 42.5 Å². The molecule has 1 aromatic heterocycles. The van der Waals surface area contributed by atoms with Gasteiger partial charge >= 0.3 is 6.61 Å². The fourth-order valence-electron chi connectivity index (χ4n) is 3.18. The van der Waals surface area contributed by atoms with Gasteiger partial charge in [0.25, 0.3) is 5.91 Å². The van der Waals surface area contributed by atoms with E-state index in [9.17, 15) is 18.0 Å². The van der Waals surface area contributed by atoms with Crippen LogP contribution in [0.4, 0.5) is 13.2 Å². The number of halogens is 3. The van der Waals surface area contributed by atoms with Crippen molar-refractivity contribution in [3.05, 3.63) is 95.9 Å². The van der Waals surface area contributed by atoms with Crippen molar-refractivity contribution < 1.29 is 27.1 Å². The normalized spacial score (nSPS) is 10.9. The van der Waals surface area contributed by atoms with Gasteiger partial charge in [0.2, 0.25) is 5.89 Å². The molecule has 0 spiro atoms. The van der Waals surface area contributed by atoms with Crippen molar-refractivity contribution in [2.45, 2.75) is 13.2 Å². The first-order valence-corrected chi connectivity index (χ1v) is 9.64. The second kappa shape index (κ2) is 9.38. The summed E-state index contributed by atoms with van der Waals surface area (Å²) in [5.74, 6) is -0.552. The van der Waals surface area contributed by atoms with Crippen molar-refractivity contribution in [1.29, 1.82) is 0 Å². The molecule has 4 aromatic rings. The van der Waals surface area contributed by atoms with E-state index in [1.807, 2.05) is 0 Å². The van der Waals surface area contributed by atoms with Crippen LogP contribution in [0.3, 0.4) is 0 Å². The Morgan fingerprint density at radius 3 is 2.44 bits per heavy atom. The Morgan fingerprint density at radius 2 is 1.66 bits per heavy atom. The molecular formula is C24H17F3N2O3. The molecule has 0 saturated carbocycles. The van der Waals surface area contributed by atoms with E-state index in [2.05, 4.69) is 15.0 Å². The Bertz CT molecular complexity index is 1240. The van der Waals surface area contributed by atoms with E-state index in [0.29, 0.717) is 11.1 Å². The second-order valence-corrected chi connectivity index (χ2v) is 6.72. The van der Waals surface area contributed by atoms with Gasteiger partial charge in [0, 0.05) is 17.7 Å². The SMILES string of the molecule is O=C(NCc1ccccc1OC(F)F)c1ccccc1-c1ncc(-c2ccccc2F)o1. The molecule has 1 heterocycles. The van der Waals surface area contributed by atoms with Crippen LogP contribution in [0.25, 0.3) is 22.8 Å². The first-order chi connectivity index (χ1) is 15.5. The Morgan fingerprint density at radius 1 is 0.969 bits per heavy atom. The highest BCUT2D eigenvalue weighted by Crippen LogP contribution is 2.29. The van der Waals surface area contributed by atoms with Crippen LogP contribution in [0.2, 0.25) is 0 Å². The maximum Gasteiger partial charge on any atom is 0.387 e. The number of alkyl halides is 2. The average Bonchev–Trinajstić information content (AvgIpc) is 3.28. The van der Waals surface area contributed by atoms with E-state index < -0.39 is 18.3 Å². The molecule has 8 heteroatoms. The van der Waals surface area contributed by atoms with Crippen LogP contribution in [-0.2, 0) is 6.54 Å². The zero-order valence-electron chi connectivity index (χ0n) is 16.6. The van der Waals surface area contributed by atoms with E-state index in [-0.39, 0.29) is 35.1 Å². The molecule has 0 fully saturated rings. The molecule has 0 aliphatic heterocycles. The molecule has 1 amide bonds. The Balaban J connectivity index is 1.56. The molecule has 0 bridgehead atoms. The van der Waals surface area contributed by atoms with Crippen LogP contribution in [0.5, 0.6) is 5.75 Å². The van der Waals surface area contributed by atoms with E-state index in [1.165, 1.54) is 18.3 Å². The number of hydrogen-bond acceptors (Lipinski definition) is 4. The van der Waals surface area contributed by atoms with Crippen LogP contribution in [0.1, 0.15) is 15.9 Å². The number of rotatable bonds is 7. The van der Waals surface area contributed by atoms with Gasteiger partial charge in [-0.25, -0.2) is 9.37 Å². The van der Waals surface area contributed by atoms with Gasteiger partial charge in [0.15, 0.2) is 5.76 Å². The zero-order chi connectivity index (χ0) is 22.5. The van der Waals surface area contributed by atoms with E-state index in [1.54, 1.807) is 60.7 Å². The van der Waals surface area contributed by atoms with Gasteiger partial charge < -0.3 is 14.5 Å². The summed E-state index contributed by atoms with van der Waals surface area (Å²) in [6.07, 6.45) is 1.39. The van der Waals surface area contributed by atoms with Crippen molar-refractivity contribution in [2.24, 2.45) is 0 Å².